The second kappa shape index (κ2) is 8.62. The van der Waals surface area contributed by atoms with Crippen LogP contribution in [-0.4, -0.2) is 17.9 Å². The molecule has 0 amide bonds. The molecule has 0 saturated carbocycles. The molecule has 4 heteroatoms. The normalized spacial score (nSPS) is 12.8. The van der Waals surface area contributed by atoms with Gasteiger partial charge in [0.2, 0.25) is 0 Å². The molecule has 0 fully saturated rings. The quantitative estimate of drug-likeness (QED) is 0.180. The first-order valence-electron chi connectivity index (χ1n) is 17.3. The van der Waals surface area contributed by atoms with E-state index in [-0.39, 0.29) is 0 Å². The molecule has 7 aromatic carbocycles. The third-order valence-electron chi connectivity index (χ3n) is 11.4. The average Bonchev–Trinajstić information content (AvgIpc) is 4.01. The summed E-state index contributed by atoms with van der Waals surface area (Å²) in [7, 11) is 0. The van der Waals surface area contributed by atoms with E-state index in [0.717, 1.165) is 0 Å². The molecule has 0 bridgehead atoms. The number of benzene rings is 7. The first-order valence-corrected chi connectivity index (χ1v) is 17.3. The Kier molecular flexibility index (Phi) is 4.36. The van der Waals surface area contributed by atoms with Crippen LogP contribution >= 0.6 is 0 Å². The van der Waals surface area contributed by atoms with Crippen molar-refractivity contribution in [2.24, 2.45) is 0 Å². The Morgan fingerprint density at radius 1 is 0.280 bits per heavy atom. The monoisotopic (exact) mass is 634 g/mol. The molecule has 0 saturated heterocycles. The predicted molar refractivity (Wildman–Crippen MR) is 209 cm³/mol. The minimum absolute atomic E-state index is 1.18. The van der Waals surface area contributed by atoms with Gasteiger partial charge in [-0.25, -0.2) is 0 Å². The summed E-state index contributed by atoms with van der Waals surface area (Å²) < 4.78 is 9.73. The van der Waals surface area contributed by atoms with Crippen molar-refractivity contribution >= 4 is 98.0 Å². The van der Waals surface area contributed by atoms with Gasteiger partial charge in [0.05, 0.1) is 44.1 Å². The maximum Gasteiger partial charge on any atom is 0.0615 e. The standard InChI is InChI=1S/C46H26N4/c1-3-11-27(12-4-1)49-37-17-9-7-15-29(37)43-31-19-21-47-39-24-34-36-26-42-44(30-16-8-10-18-38(30)50(42)28-13-5-2-6-14-28)32-20-22-48(46(32)36)40(34)23-33(39)35(45(31)47)25-41(43)49/h1-26H. The van der Waals surface area contributed by atoms with Crippen LogP contribution in [0, 0.1) is 0 Å². The highest BCUT2D eigenvalue weighted by atomic mass is 15.0. The summed E-state index contributed by atoms with van der Waals surface area (Å²) in [4.78, 5) is 0. The Hall–Kier alpha value is -6.78. The van der Waals surface area contributed by atoms with Crippen LogP contribution in [0.4, 0.5) is 0 Å². The van der Waals surface area contributed by atoms with Gasteiger partial charge >= 0.3 is 0 Å². The lowest BCUT2D eigenvalue weighted by molar-refractivity contribution is 1.18. The number of fused-ring (bicyclic) bond motifs is 14. The van der Waals surface area contributed by atoms with Crippen molar-refractivity contribution in [3.8, 4) is 11.4 Å². The minimum Gasteiger partial charge on any atom is -0.315 e. The smallest absolute Gasteiger partial charge is 0.0615 e. The molecule has 50 heavy (non-hydrogen) atoms. The van der Waals surface area contributed by atoms with Crippen LogP contribution in [0.25, 0.3) is 109 Å². The van der Waals surface area contributed by atoms with Crippen LogP contribution < -0.4 is 0 Å². The maximum absolute atomic E-state index is 2.45. The maximum atomic E-state index is 2.45. The Bertz CT molecular complexity index is 3280. The van der Waals surface area contributed by atoms with Gasteiger partial charge in [0.15, 0.2) is 0 Å². The second-order valence-electron chi connectivity index (χ2n) is 13.8. The lowest BCUT2D eigenvalue weighted by Crippen LogP contribution is -1.92. The molecular weight excluding hydrogens is 609 g/mol. The van der Waals surface area contributed by atoms with Crippen molar-refractivity contribution in [1.82, 2.24) is 17.9 Å². The largest absolute Gasteiger partial charge is 0.315 e. The van der Waals surface area contributed by atoms with Crippen molar-refractivity contribution in [2.45, 2.75) is 0 Å². The van der Waals surface area contributed by atoms with E-state index in [4.69, 9.17) is 0 Å². The molecular formula is C46H26N4. The Labute approximate surface area is 284 Å². The van der Waals surface area contributed by atoms with Gasteiger partial charge in [-0.2, -0.15) is 0 Å². The van der Waals surface area contributed by atoms with E-state index >= 15 is 0 Å². The van der Waals surface area contributed by atoms with Crippen LogP contribution in [0.5, 0.6) is 0 Å². The van der Waals surface area contributed by atoms with Crippen LogP contribution in [0.1, 0.15) is 0 Å². The van der Waals surface area contributed by atoms with Crippen LogP contribution in [0.2, 0.25) is 0 Å². The van der Waals surface area contributed by atoms with Crippen LogP contribution in [0.3, 0.4) is 0 Å². The molecule has 0 aliphatic heterocycles. The minimum atomic E-state index is 1.18. The zero-order valence-electron chi connectivity index (χ0n) is 26.8. The zero-order chi connectivity index (χ0) is 32.2. The molecule has 13 aromatic rings. The summed E-state index contributed by atoms with van der Waals surface area (Å²) >= 11 is 0. The van der Waals surface area contributed by atoms with Gasteiger partial charge in [0, 0.05) is 77.6 Å². The first kappa shape index (κ1) is 25.3. The summed E-state index contributed by atoms with van der Waals surface area (Å²) in [6, 6.07) is 53.7. The third-order valence-corrected chi connectivity index (χ3v) is 11.4. The lowest BCUT2D eigenvalue weighted by atomic mass is 10.0. The molecule has 6 aromatic heterocycles. The van der Waals surface area contributed by atoms with Crippen LogP contribution in [0.15, 0.2) is 158 Å². The number of hydrogen-bond donors (Lipinski definition) is 0. The molecule has 0 radical (unpaired) electrons. The third kappa shape index (κ3) is 2.84. The Morgan fingerprint density at radius 2 is 0.680 bits per heavy atom. The van der Waals surface area contributed by atoms with E-state index in [1.807, 2.05) is 0 Å². The molecule has 0 aliphatic carbocycles. The summed E-state index contributed by atoms with van der Waals surface area (Å²) in [6.07, 6.45) is 4.56. The number of hydrogen-bond acceptors (Lipinski definition) is 0. The molecule has 0 atom stereocenters. The second-order valence-corrected chi connectivity index (χ2v) is 13.8. The van der Waals surface area contributed by atoms with Gasteiger partial charge in [-0.3, -0.25) is 0 Å². The first-order chi connectivity index (χ1) is 24.8. The molecule has 4 nitrogen and oxygen atoms in total. The van der Waals surface area contributed by atoms with Gasteiger partial charge in [0.1, 0.15) is 0 Å². The Balaban J connectivity index is 1.19. The summed E-state index contributed by atoms with van der Waals surface area (Å²) in [5, 5.41) is 13.0. The number of aromatic nitrogens is 4. The summed E-state index contributed by atoms with van der Waals surface area (Å²) in [6.45, 7) is 0. The van der Waals surface area contributed by atoms with Crippen molar-refractivity contribution in [2.75, 3.05) is 0 Å². The van der Waals surface area contributed by atoms with Crippen molar-refractivity contribution in [3.05, 3.63) is 158 Å². The molecule has 6 heterocycles. The lowest BCUT2D eigenvalue weighted by Gasteiger charge is -2.08. The fourth-order valence-corrected chi connectivity index (χ4v) is 9.52. The molecule has 13 rings (SSSR count). The van der Waals surface area contributed by atoms with E-state index in [0.29, 0.717) is 0 Å². The number of nitrogens with zero attached hydrogens (tertiary/aromatic N) is 4. The summed E-state index contributed by atoms with van der Waals surface area (Å²) in [5.41, 5.74) is 12.4. The highest BCUT2D eigenvalue weighted by Gasteiger charge is 2.24. The number of para-hydroxylation sites is 4. The van der Waals surface area contributed by atoms with Crippen molar-refractivity contribution < 1.29 is 0 Å². The molecule has 0 N–H and O–H groups in total. The SMILES string of the molecule is c1ccc(-n2c3ccccc3c3c4ccn5c6cc7c8cc9c(c%10ccccc%10n9-c9ccccc9)c9ccn(c7cc6c(cc32)c45)c89)cc1. The van der Waals surface area contributed by atoms with Gasteiger partial charge in [-0.15, -0.1) is 0 Å². The van der Waals surface area contributed by atoms with Crippen LogP contribution in [-0.2, 0) is 0 Å². The topological polar surface area (TPSA) is 18.7 Å². The van der Waals surface area contributed by atoms with E-state index < -0.39 is 0 Å². The fourth-order valence-electron chi connectivity index (χ4n) is 9.52. The highest BCUT2D eigenvalue weighted by Crippen LogP contribution is 2.47. The Morgan fingerprint density at radius 3 is 1.14 bits per heavy atom. The van der Waals surface area contributed by atoms with Gasteiger partial charge in [0.25, 0.3) is 0 Å². The molecule has 0 aliphatic rings. The van der Waals surface area contributed by atoms with Gasteiger partial charge in [-0.1, -0.05) is 72.8 Å². The number of rotatable bonds is 2. The fraction of sp³-hybridized carbons (Fsp3) is 0. The highest BCUT2D eigenvalue weighted by molar-refractivity contribution is 6.32. The summed E-state index contributed by atoms with van der Waals surface area (Å²) in [5.74, 6) is 0. The van der Waals surface area contributed by atoms with Gasteiger partial charge in [-0.05, 0) is 72.8 Å². The zero-order valence-corrected chi connectivity index (χ0v) is 26.8. The molecule has 0 spiro atoms. The van der Waals surface area contributed by atoms with Crippen molar-refractivity contribution in [1.29, 1.82) is 0 Å². The average molecular weight is 635 g/mol. The van der Waals surface area contributed by atoms with E-state index in [1.165, 1.54) is 109 Å². The van der Waals surface area contributed by atoms with E-state index in [9.17, 15) is 0 Å². The molecule has 230 valence electrons. The van der Waals surface area contributed by atoms with Gasteiger partial charge < -0.3 is 17.9 Å². The van der Waals surface area contributed by atoms with E-state index in [1.54, 1.807) is 0 Å². The van der Waals surface area contributed by atoms with Crippen molar-refractivity contribution in [3.63, 3.8) is 0 Å². The van der Waals surface area contributed by atoms with E-state index in [2.05, 4.69) is 176 Å². The predicted octanol–water partition coefficient (Wildman–Crippen LogP) is 11.9. The molecule has 0 unspecified atom stereocenters.